The summed E-state index contributed by atoms with van der Waals surface area (Å²) in [5, 5.41) is 11.2. The molecule has 1 fully saturated rings. The molecule has 0 bridgehead atoms. The van der Waals surface area contributed by atoms with Crippen LogP contribution >= 0.6 is 11.6 Å². The van der Waals surface area contributed by atoms with Crippen molar-refractivity contribution in [2.45, 2.75) is 25.3 Å². The van der Waals surface area contributed by atoms with Gasteiger partial charge < -0.3 is 10.6 Å². The van der Waals surface area contributed by atoms with Crippen LogP contribution in [0.2, 0.25) is 5.02 Å². The van der Waals surface area contributed by atoms with Crippen molar-refractivity contribution in [1.29, 1.82) is 0 Å². The number of piperidine rings is 1. The maximum atomic E-state index is 11.4. The molecule has 1 aromatic heterocycles. The quantitative estimate of drug-likeness (QED) is 0.669. The van der Waals surface area contributed by atoms with Crippen molar-refractivity contribution in [3.05, 3.63) is 27.4 Å². The second kappa shape index (κ2) is 5.40. The maximum absolute atomic E-state index is 11.4. The Kier molecular flexibility index (Phi) is 3.84. The zero-order valence-corrected chi connectivity index (χ0v) is 10.8. The monoisotopic (exact) mass is 284 g/mol. The molecule has 2 rings (SSSR count). The van der Waals surface area contributed by atoms with E-state index in [0.29, 0.717) is 13.0 Å². The van der Waals surface area contributed by atoms with Crippen LogP contribution in [0.4, 0.5) is 11.5 Å². The second-order valence-corrected chi connectivity index (χ2v) is 4.80. The molecule has 0 spiro atoms. The molecule has 8 heteroatoms. The van der Waals surface area contributed by atoms with E-state index in [2.05, 4.69) is 4.98 Å². The van der Waals surface area contributed by atoms with Gasteiger partial charge in [-0.05, 0) is 19.3 Å². The summed E-state index contributed by atoms with van der Waals surface area (Å²) < 4.78 is 0. The maximum Gasteiger partial charge on any atom is 0.313 e. The van der Waals surface area contributed by atoms with Gasteiger partial charge in [-0.1, -0.05) is 11.6 Å². The molecule has 1 amide bonds. The molecule has 7 nitrogen and oxygen atoms in total. The number of halogens is 1. The van der Waals surface area contributed by atoms with Crippen molar-refractivity contribution < 1.29 is 9.72 Å². The van der Waals surface area contributed by atoms with Gasteiger partial charge in [0.15, 0.2) is 0 Å². The molecular formula is C11H13ClN4O3. The van der Waals surface area contributed by atoms with Gasteiger partial charge in [-0.3, -0.25) is 14.9 Å². The van der Waals surface area contributed by atoms with Crippen molar-refractivity contribution in [1.82, 2.24) is 4.98 Å². The number of carbonyl (C=O) groups is 1. The molecule has 0 aromatic carbocycles. The van der Waals surface area contributed by atoms with Crippen molar-refractivity contribution in [3.63, 3.8) is 0 Å². The number of nitrogens with two attached hydrogens (primary N) is 1. The lowest BCUT2D eigenvalue weighted by Gasteiger charge is -2.34. The molecule has 2 heterocycles. The molecule has 0 saturated carbocycles. The Morgan fingerprint density at radius 3 is 2.95 bits per heavy atom. The number of carbonyl (C=O) groups excluding carboxylic acids is 1. The topological polar surface area (TPSA) is 102 Å². The molecule has 1 unspecified atom stereocenters. The first-order valence-electron chi connectivity index (χ1n) is 5.86. The lowest BCUT2D eigenvalue weighted by Crippen LogP contribution is -2.48. The molecule has 1 saturated heterocycles. The van der Waals surface area contributed by atoms with Gasteiger partial charge in [-0.25, -0.2) is 4.98 Å². The number of hydrogen-bond donors (Lipinski definition) is 1. The van der Waals surface area contributed by atoms with Crippen LogP contribution in [-0.2, 0) is 4.79 Å². The fourth-order valence-electron chi connectivity index (χ4n) is 2.26. The van der Waals surface area contributed by atoms with Crippen molar-refractivity contribution >= 4 is 29.0 Å². The second-order valence-electron chi connectivity index (χ2n) is 4.36. The Hall–Kier alpha value is -1.89. The van der Waals surface area contributed by atoms with E-state index in [0.717, 1.165) is 12.8 Å². The summed E-state index contributed by atoms with van der Waals surface area (Å²) in [5.41, 5.74) is 5.14. The van der Waals surface area contributed by atoms with Crippen LogP contribution in [0.5, 0.6) is 0 Å². The SMILES string of the molecule is NC(=O)C1CCCCN1c1ncc(Cl)cc1[N+](=O)[O-]. The average molecular weight is 285 g/mol. The lowest BCUT2D eigenvalue weighted by molar-refractivity contribution is -0.384. The molecule has 0 radical (unpaired) electrons. The summed E-state index contributed by atoms with van der Waals surface area (Å²) in [4.78, 5) is 27.5. The average Bonchev–Trinajstić information content (AvgIpc) is 2.38. The number of nitrogens with zero attached hydrogens (tertiary/aromatic N) is 3. The van der Waals surface area contributed by atoms with E-state index in [1.54, 1.807) is 4.90 Å². The molecule has 1 aliphatic heterocycles. The minimum Gasteiger partial charge on any atom is -0.368 e. The first-order chi connectivity index (χ1) is 9.00. The minimum atomic E-state index is -0.555. The predicted octanol–water partition coefficient (Wildman–Crippen LogP) is 1.49. The number of rotatable bonds is 3. The third-order valence-electron chi connectivity index (χ3n) is 3.11. The molecule has 19 heavy (non-hydrogen) atoms. The van der Waals surface area contributed by atoms with Crippen LogP contribution in [0.1, 0.15) is 19.3 Å². The van der Waals surface area contributed by atoms with Gasteiger partial charge in [0, 0.05) is 18.8 Å². The highest BCUT2D eigenvalue weighted by Gasteiger charge is 2.32. The van der Waals surface area contributed by atoms with Crippen molar-refractivity contribution in [3.8, 4) is 0 Å². The largest absolute Gasteiger partial charge is 0.368 e. The van der Waals surface area contributed by atoms with Gasteiger partial charge >= 0.3 is 5.69 Å². The van der Waals surface area contributed by atoms with Crippen LogP contribution in [0.15, 0.2) is 12.3 Å². The number of aromatic nitrogens is 1. The van der Waals surface area contributed by atoms with Crippen molar-refractivity contribution in [2.75, 3.05) is 11.4 Å². The summed E-state index contributed by atoms with van der Waals surface area (Å²) in [5.74, 6) is -0.344. The van der Waals surface area contributed by atoms with E-state index >= 15 is 0 Å². The molecule has 1 atom stereocenters. The van der Waals surface area contributed by atoms with E-state index in [1.165, 1.54) is 12.3 Å². The third-order valence-corrected chi connectivity index (χ3v) is 3.32. The number of amides is 1. The first-order valence-corrected chi connectivity index (χ1v) is 6.24. The molecule has 1 aliphatic rings. The molecule has 1 aromatic rings. The van der Waals surface area contributed by atoms with Gasteiger partial charge in [0.05, 0.1) is 9.95 Å². The number of pyridine rings is 1. The Morgan fingerprint density at radius 2 is 2.32 bits per heavy atom. The number of nitro groups is 1. The van der Waals surface area contributed by atoms with Gasteiger partial charge in [0.25, 0.3) is 0 Å². The number of hydrogen-bond acceptors (Lipinski definition) is 5. The molecular weight excluding hydrogens is 272 g/mol. The van der Waals surface area contributed by atoms with Crippen molar-refractivity contribution in [2.24, 2.45) is 5.73 Å². The fraction of sp³-hybridized carbons (Fsp3) is 0.455. The zero-order chi connectivity index (χ0) is 14.0. The van der Waals surface area contributed by atoms with Crippen LogP contribution in [0.25, 0.3) is 0 Å². The third kappa shape index (κ3) is 2.76. The molecule has 2 N–H and O–H groups in total. The smallest absolute Gasteiger partial charge is 0.313 e. The van der Waals surface area contributed by atoms with Crippen LogP contribution in [0, 0.1) is 10.1 Å². The Balaban J connectivity index is 2.44. The summed E-state index contributed by atoms with van der Waals surface area (Å²) in [6, 6.07) is 0.678. The highest BCUT2D eigenvalue weighted by atomic mass is 35.5. The predicted molar refractivity (Wildman–Crippen MR) is 70.1 cm³/mol. The fourth-order valence-corrected chi connectivity index (χ4v) is 2.41. The Bertz CT molecular complexity index is 523. The van der Waals surface area contributed by atoms with E-state index in [1.807, 2.05) is 0 Å². The summed E-state index contributed by atoms with van der Waals surface area (Å²) in [6.07, 6.45) is 3.62. The van der Waals surface area contributed by atoms with Crippen LogP contribution in [0.3, 0.4) is 0 Å². The van der Waals surface area contributed by atoms with E-state index in [-0.39, 0.29) is 16.5 Å². The van der Waals surface area contributed by atoms with Crippen LogP contribution in [-0.4, -0.2) is 28.4 Å². The number of anilines is 1. The van der Waals surface area contributed by atoms with E-state index in [4.69, 9.17) is 17.3 Å². The van der Waals surface area contributed by atoms with Gasteiger partial charge in [-0.15, -0.1) is 0 Å². The van der Waals surface area contributed by atoms with Gasteiger partial charge in [0.1, 0.15) is 6.04 Å². The highest BCUT2D eigenvalue weighted by molar-refractivity contribution is 6.30. The molecule has 0 aliphatic carbocycles. The zero-order valence-electron chi connectivity index (χ0n) is 10.1. The molecule has 102 valence electrons. The van der Waals surface area contributed by atoms with Crippen LogP contribution < -0.4 is 10.6 Å². The minimum absolute atomic E-state index is 0.151. The Morgan fingerprint density at radius 1 is 1.58 bits per heavy atom. The normalized spacial score (nSPS) is 19.2. The summed E-state index contributed by atoms with van der Waals surface area (Å²) >= 11 is 5.72. The first kappa shape index (κ1) is 13.5. The van der Waals surface area contributed by atoms with E-state index in [9.17, 15) is 14.9 Å². The summed E-state index contributed by atoms with van der Waals surface area (Å²) in [6.45, 7) is 0.517. The Labute approximate surface area is 114 Å². The lowest BCUT2D eigenvalue weighted by atomic mass is 10.0. The standard InChI is InChI=1S/C11H13ClN4O3/c12-7-5-9(16(18)19)11(14-6-7)15-4-2-1-3-8(15)10(13)17/h5-6,8H,1-4H2,(H2,13,17). The van der Waals surface area contributed by atoms with Gasteiger partial charge in [-0.2, -0.15) is 0 Å². The highest BCUT2D eigenvalue weighted by Crippen LogP contribution is 2.32. The summed E-state index contributed by atoms with van der Waals surface area (Å²) in [7, 11) is 0. The van der Waals surface area contributed by atoms with E-state index < -0.39 is 16.9 Å². The van der Waals surface area contributed by atoms with Gasteiger partial charge in [0.2, 0.25) is 11.7 Å². The number of primary amides is 1.